The molecule has 0 aromatic heterocycles. The van der Waals surface area contributed by atoms with Crippen molar-refractivity contribution in [1.82, 2.24) is 10.2 Å². The molecule has 0 bridgehead atoms. The van der Waals surface area contributed by atoms with Gasteiger partial charge in [0, 0.05) is 13.1 Å². The second-order valence-corrected chi connectivity index (χ2v) is 10.3. The zero-order chi connectivity index (χ0) is 25.5. The van der Waals surface area contributed by atoms with Gasteiger partial charge in [-0.3, -0.25) is 13.9 Å². The highest BCUT2D eigenvalue weighted by atomic mass is 32.2. The van der Waals surface area contributed by atoms with Crippen molar-refractivity contribution in [2.75, 3.05) is 23.7 Å². The number of carbonyl (C=O) groups is 2. The summed E-state index contributed by atoms with van der Waals surface area (Å²) < 4.78 is 53.4. The summed E-state index contributed by atoms with van der Waals surface area (Å²) in [7, 11) is -4.03. The highest BCUT2D eigenvalue weighted by molar-refractivity contribution is 7.92. The number of sulfonamides is 1. The summed E-state index contributed by atoms with van der Waals surface area (Å²) >= 11 is 0. The van der Waals surface area contributed by atoms with E-state index in [9.17, 15) is 26.8 Å². The third-order valence-corrected chi connectivity index (χ3v) is 6.26. The molecule has 0 radical (unpaired) electrons. The van der Waals surface area contributed by atoms with Crippen LogP contribution in [-0.2, 0) is 26.2 Å². The van der Waals surface area contributed by atoms with Crippen molar-refractivity contribution in [2.24, 2.45) is 5.92 Å². The quantitative estimate of drug-likeness (QED) is 0.518. The maximum Gasteiger partial charge on any atom is 0.244 e. The van der Waals surface area contributed by atoms with Gasteiger partial charge in [0.2, 0.25) is 21.8 Å². The number of benzene rings is 2. The van der Waals surface area contributed by atoms with Gasteiger partial charge in [0.05, 0.1) is 11.9 Å². The number of nitrogens with zero attached hydrogens (tertiary/aromatic N) is 2. The van der Waals surface area contributed by atoms with Crippen LogP contribution in [0.25, 0.3) is 0 Å². The Labute approximate surface area is 199 Å². The topological polar surface area (TPSA) is 86.8 Å². The average molecular weight is 496 g/mol. The van der Waals surface area contributed by atoms with Gasteiger partial charge in [-0.1, -0.05) is 45.0 Å². The molecule has 186 valence electrons. The van der Waals surface area contributed by atoms with Gasteiger partial charge >= 0.3 is 0 Å². The van der Waals surface area contributed by atoms with E-state index in [0.29, 0.717) is 16.4 Å². The van der Waals surface area contributed by atoms with Crippen LogP contribution in [-0.4, -0.2) is 50.5 Å². The van der Waals surface area contributed by atoms with Crippen LogP contribution in [0.5, 0.6) is 0 Å². The number of para-hydroxylation sites is 1. The molecule has 0 heterocycles. The zero-order valence-electron chi connectivity index (χ0n) is 19.8. The Bertz CT molecular complexity index is 1090. The molecule has 2 amide bonds. The first-order chi connectivity index (χ1) is 15.9. The predicted octanol–water partition coefficient (Wildman–Crippen LogP) is 3.31. The normalized spacial score (nSPS) is 12.3. The monoisotopic (exact) mass is 495 g/mol. The molecule has 0 saturated heterocycles. The highest BCUT2D eigenvalue weighted by Gasteiger charge is 2.32. The van der Waals surface area contributed by atoms with Crippen LogP contribution in [0.15, 0.2) is 48.5 Å². The van der Waals surface area contributed by atoms with Gasteiger partial charge in [0.25, 0.3) is 0 Å². The van der Waals surface area contributed by atoms with Crippen LogP contribution in [0.4, 0.5) is 14.5 Å². The van der Waals surface area contributed by atoms with Crippen molar-refractivity contribution in [3.63, 3.8) is 0 Å². The van der Waals surface area contributed by atoms with Crippen molar-refractivity contribution < 1.29 is 26.8 Å². The van der Waals surface area contributed by atoms with Crippen molar-refractivity contribution >= 4 is 27.5 Å². The molecule has 10 heteroatoms. The smallest absolute Gasteiger partial charge is 0.244 e. The number of rotatable bonds is 11. The SMILES string of the molecule is CC[C@@H](C(=O)NCC(C)C)N(Cc1ccc(F)cc1)C(=O)CN(c1ccccc1F)S(C)(=O)=O. The van der Waals surface area contributed by atoms with Crippen molar-refractivity contribution in [2.45, 2.75) is 39.8 Å². The predicted molar refractivity (Wildman–Crippen MR) is 127 cm³/mol. The van der Waals surface area contributed by atoms with Gasteiger partial charge in [-0.15, -0.1) is 0 Å². The summed E-state index contributed by atoms with van der Waals surface area (Å²) in [4.78, 5) is 27.6. The molecule has 0 aliphatic carbocycles. The molecule has 0 aliphatic rings. The van der Waals surface area contributed by atoms with E-state index < -0.39 is 40.2 Å². The standard InChI is InChI=1S/C24H31F2N3O4S/c1-5-21(24(31)27-14-17(2)3)28(15-18-10-12-19(25)13-11-18)23(30)16-29(34(4,32)33)22-9-7-6-8-20(22)26/h6-13,17,21H,5,14-16H2,1-4H3,(H,27,31)/t21-/m0/s1. The van der Waals surface area contributed by atoms with Gasteiger partial charge in [0.15, 0.2) is 0 Å². The van der Waals surface area contributed by atoms with Crippen LogP contribution in [0.1, 0.15) is 32.8 Å². The molecule has 2 aromatic rings. The Morgan fingerprint density at radius 1 is 1.03 bits per heavy atom. The van der Waals surface area contributed by atoms with E-state index in [0.717, 1.165) is 12.3 Å². The van der Waals surface area contributed by atoms with Gasteiger partial charge in [0.1, 0.15) is 24.2 Å². The fourth-order valence-corrected chi connectivity index (χ4v) is 4.23. The number of hydrogen-bond acceptors (Lipinski definition) is 4. The Morgan fingerprint density at radius 2 is 1.65 bits per heavy atom. The van der Waals surface area contributed by atoms with Crippen LogP contribution in [0, 0.1) is 17.6 Å². The molecule has 1 atom stereocenters. The summed E-state index contributed by atoms with van der Waals surface area (Å²) in [6, 6.07) is 9.78. The fraction of sp³-hybridized carbons (Fsp3) is 0.417. The highest BCUT2D eigenvalue weighted by Crippen LogP contribution is 2.22. The minimum Gasteiger partial charge on any atom is -0.354 e. The van der Waals surface area contributed by atoms with Gasteiger partial charge < -0.3 is 10.2 Å². The minimum atomic E-state index is -4.03. The number of nitrogens with one attached hydrogen (secondary N) is 1. The Balaban J connectivity index is 2.42. The maximum atomic E-state index is 14.4. The number of anilines is 1. The molecule has 0 saturated carbocycles. The van der Waals surface area contributed by atoms with E-state index in [4.69, 9.17) is 0 Å². The summed E-state index contributed by atoms with van der Waals surface area (Å²) in [5, 5.41) is 2.80. The van der Waals surface area contributed by atoms with Crippen LogP contribution >= 0.6 is 0 Å². The molecule has 34 heavy (non-hydrogen) atoms. The first kappa shape index (κ1) is 27.2. The lowest BCUT2D eigenvalue weighted by Gasteiger charge is -2.33. The summed E-state index contributed by atoms with van der Waals surface area (Å²) in [5.74, 6) is -2.14. The molecular weight excluding hydrogens is 464 g/mol. The second-order valence-electron chi connectivity index (χ2n) is 8.43. The molecule has 7 nitrogen and oxygen atoms in total. The third kappa shape index (κ3) is 7.51. The van der Waals surface area contributed by atoms with Crippen molar-refractivity contribution in [3.8, 4) is 0 Å². The first-order valence-corrected chi connectivity index (χ1v) is 12.8. The fourth-order valence-electron chi connectivity index (χ4n) is 3.38. The summed E-state index contributed by atoms with van der Waals surface area (Å²) in [6.45, 7) is 5.24. The van der Waals surface area contributed by atoms with Crippen molar-refractivity contribution in [1.29, 1.82) is 0 Å². The summed E-state index contributed by atoms with van der Waals surface area (Å²) in [5.41, 5.74) is 0.291. The number of amides is 2. The molecule has 0 fully saturated rings. The second kappa shape index (κ2) is 11.9. The third-order valence-electron chi connectivity index (χ3n) is 5.14. The Morgan fingerprint density at radius 3 is 2.18 bits per heavy atom. The molecule has 0 aliphatic heterocycles. The molecule has 2 aromatic carbocycles. The Kier molecular flexibility index (Phi) is 9.55. The van der Waals surface area contributed by atoms with Gasteiger partial charge in [-0.2, -0.15) is 0 Å². The molecule has 0 unspecified atom stereocenters. The van der Waals surface area contributed by atoms with E-state index in [1.54, 1.807) is 6.92 Å². The molecule has 0 spiro atoms. The lowest BCUT2D eigenvalue weighted by atomic mass is 10.1. The van der Waals surface area contributed by atoms with Gasteiger partial charge in [-0.25, -0.2) is 17.2 Å². The van der Waals surface area contributed by atoms with Crippen molar-refractivity contribution in [3.05, 3.63) is 65.7 Å². The number of halogens is 2. The first-order valence-electron chi connectivity index (χ1n) is 11.0. The van der Waals surface area contributed by atoms with Crippen LogP contribution < -0.4 is 9.62 Å². The van der Waals surface area contributed by atoms with E-state index in [1.165, 1.54) is 47.4 Å². The van der Waals surface area contributed by atoms with E-state index in [-0.39, 0.29) is 30.5 Å². The van der Waals surface area contributed by atoms with Gasteiger partial charge in [-0.05, 0) is 42.2 Å². The molecule has 2 rings (SSSR count). The van der Waals surface area contributed by atoms with Crippen LogP contribution in [0.3, 0.4) is 0 Å². The Hall–Kier alpha value is -3.01. The molecular formula is C24H31F2N3O4S. The molecule has 1 N–H and O–H groups in total. The number of carbonyl (C=O) groups excluding carboxylic acids is 2. The minimum absolute atomic E-state index is 0.0540. The van der Waals surface area contributed by atoms with E-state index in [2.05, 4.69) is 5.32 Å². The maximum absolute atomic E-state index is 14.4. The number of hydrogen-bond donors (Lipinski definition) is 1. The lowest BCUT2D eigenvalue weighted by molar-refractivity contribution is -0.140. The largest absolute Gasteiger partial charge is 0.354 e. The summed E-state index contributed by atoms with van der Waals surface area (Å²) in [6.07, 6.45) is 1.14. The average Bonchev–Trinajstić information content (AvgIpc) is 2.77. The lowest BCUT2D eigenvalue weighted by Crippen LogP contribution is -2.52. The zero-order valence-corrected chi connectivity index (χ0v) is 20.6. The van der Waals surface area contributed by atoms with E-state index >= 15 is 0 Å². The van der Waals surface area contributed by atoms with Crippen LogP contribution in [0.2, 0.25) is 0 Å². The van der Waals surface area contributed by atoms with E-state index in [1.807, 2.05) is 13.8 Å².